The normalized spacial score (nSPS) is 17.9. The van der Waals surface area contributed by atoms with Crippen molar-refractivity contribution in [3.05, 3.63) is 35.4 Å². The number of hydrogen-bond acceptors (Lipinski definition) is 3. The summed E-state index contributed by atoms with van der Waals surface area (Å²) in [7, 11) is 0. The molecule has 1 atom stereocenters. The van der Waals surface area contributed by atoms with E-state index in [4.69, 9.17) is 5.11 Å². The number of benzene rings is 1. The molecule has 1 aliphatic rings. The fourth-order valence-electron chi connectivity index (χ4n) is 2.60. The number of nitrogens with zero attached hydrogens (tertiary/aromatic N) is 1. The molecule has 0 bridgehead atoms. The van der Waals surface area contributed by atoms with Gasteiger partial charge in [-0.05, 0) is 18.9 Å². The van der Waals surface area contributed by atoms with E-state index in [1.165, 1.54) is 4.90 Å². The summed E-state index contributed by atoms with van der Waals surface area (Å²) in [6.07, 6.45) is -0.322. The highest BCUT2D eigenvalue weighted by Crippen LogP contribution is 2.23. The minimum Gasteiger partial charge on any atom is -0.465 e. The summed E-state index contributed by atoms with van der Waals surface area (Å²) >= 11 is 0. The number of rotatable bonds is 5. The van der Waals surface area contributed by atoms with Gasteiger partial charge in [-0.2, -0.15) is 0 Å². The largest absolute Gasteiger partial charge is 0.465 e. The van der Waals surface area contributed by atoms with Crippen LogP contribution in [0.5, 0.6) is 0 Å². The summed E-state index contributed by atoms with van der Waals surface area (Å²) < 4.78 is 0. The van der Waals surface area contributed by atoms with Crippen LogP contribution in [0.1, 0.15) is 28.8 Å². The van der Waals surface area contributed by atoms with Crippen molar-refractivity contribution in [1.29, 1.82) is 0 Å². The van der Waals surface area contributed by atoms with Crippen molar-refractivity contribution >= 4 is 17.8 Å². The van der Waals surface area contributed by atoms with Crippen LogP contribution in [0.25, 0.3) is 0 Å². The Kier molecular flexibility index (Phi) is 4.57. The Bertz CT molecular complexity index is 571. The Morgan fingerprint density at radius 2 is 2.10 bits per heavy atom. The minimum absolute atomic E-state index is 0.0747. The summed E-state index contributed by atoms with van der Waals surface area (Å²) in [5, 5.41) is 10.8. The lowest BCUT2D eigenvalue weighted by atomic mass is 9.98. The Hall–Kier alpha value is -2.37. The van der Waals surface area contributed by atoms with Crippen molar-refractivity contribution in [2.75, 3.05) is 13.1 Å². The smallest absolute Gasteiger partial charge is 0.404 e. The Balaban J connectivity index is 2.10. The molecule has 0 aliphatic carbocycles. The molecule has 6 heteroatoms. The van der Waals surface area contributed by atoms with Crippen LogP contribution in [-0.4, -0.2) is 46.9 Å². The molecule has 2 amide bonds. The summed E-state index contributed by atoms with van der Waals surface area (Å²) in [6, 6.07) is 6.79. The molecule has 1 saturated heterocycles. The molecule has 0 saturated carbocycles. The first-order chi connectivity index (χ1) is 10.0. The van der Waals surface area contributed by atoms with Gasteiger partial charge in [0.1, 0.15) is 0 Å². The fourth-order valence-corrected chi connectivity index (χ4v) is 2.60. The van der Waals surface area contributed by atoms with Crippen LogP contribution < -0.4 is 5.32 Å². The van der Waals surface area contributed by atoms with Crippen LogP contribution in [0.15, 0.2) is 24.3 Å². The number of hydrogen-bond donors (Lipinski definition) is 2. The van der Waals surface area contributed by atoms with Gasteiger partial charge >= 0.3 is 6.09 Å². The highest BCUT2D eigenvalue weighted by Gasteiger charge is 2.36. The fraction of sp³-hybridized carbons (Fsp3) is 0.400. The molecule has 1 aromatic rings. The number of amides is 2. The molecule has 1 aliphatic heterocycles. The summed E-state index contributed by atoms with van der Waals surface area (Å²) in [4.78, 5) is 36.4. The SMILES string of the molecule is Cc1ccccc1C(=O)C1CCC(=O)N1CCNC(=O)O. The second-order valence-electron chi connectivity index (χ2n) is 5.05. The van der Waals surface area contributed by atoms with Crippen LogP contribution in [0.3, 0.4) is 0 Å². The quantitative estimate of drug-likeness (QED) is 0.803. The first kappa shape index (κ1) is 15.0. The van der Waals surface area contributed by atoms with E-state index in [1.54, 1.807) is 12.1 Å². The van der Waals surface area contributed by atoms with Crippen LogP contribution in [0, 0.1) is 6.92 Å². The Morgan fingerprint density at radius 1 is 1.38 bits per heavy atom. The van der Waals surface area contributed by atoms with E-state index in [0.29, 0.717) is 18.4 Å². The van der Waals surface area contributed by atoms with Gasteiger partial charge in [-0.25, -0.2) is 4.79 Å². The van der Waals surface area contributed by atoms with E-state index in [2.05, 4.69) is 5.32 Å². The van der Waals surface area contributed by atoms with E-state index in [0.717, 1.165) is 5.56 Å². The van der Waals surface area contributed by atoms with Crippen LogP contribution in [0.4, 0.5) is 4.79 Å². The first-order valence-electron chi connectivity index (χ1n) is 6.87. The van der Waals surface area contributed by atoms with Gasteiger partial charge in [0.05, 0.1) is 6.04 Å². The van der Waals surface area contributed by atoms with E-state index < -0.39 is 12.1 Å². The van der Waals surface area contributed by atoms with Crippen molar-refractivity contribution < 1.29 is 19.5 Å². The minimum atomic E-state index is -1.14. The molecule has 21 heavy (non-hydrogen) atoms. The van der Waals surface area contributed by atoms with Crippen molar-refractivity contribution in [2.24, 2.45) is 0 Å². The van der Waals surface area contributed by atoms with Crippen molar-refractivity contribution in [3.8, 4) is 0 Å². The van der Waals surface area contributed by atoms with E-state index in [-0.39, 0.29) is 24.8 Å². The number of carbonyl (C=O) groups excluding carboxylic acids is 2. The zero-order valence-electron chi connectivity index (χ0n) is 11.8. The topological polar surface area (TPSA) is 86.7 Å². The maximum Gasteiger partial charge on any atom is 0.404 e. The van der Waals surface area contributed by atoms with E-state index in [1.807, 2.05) is 19.1 Å². The van der Waals surface area contributed by atoms with Crippen molar-refractivity contribution in [3.63, 3.8) is 0 Å². The number of carboxylic acid groups (broad SMARTS) is 1. The molecule has 0 spiro atoms. The van der Waals surface area contributed by atoms with Crippen molar-refractivity contribution in [2.45, 2.75) is 25.8 Å². The second-order valence-corrected chi connectivity index (χ2v) is 5.05. The highest BCUT2D eigenvalue weighted by atomic mass is 16.4. The zero-order chi connectivity index (χ0) is 15.4. The molecule has 2 N–H and O–H groups in total. The summed E-state index contributed by atoms with van der Waals surface area (Å²) in [5.74, 6) is -0.177. The highest BCUT2D eigenvalue weighted by molar-refractivity contribution is 6.04. The second kappa shape index (κ2) is 6.39. The molecule has 0 radical (unpaired) electrons. The molecule has 112 valence electrons. The van der Waals surface area contributed by atoms with E-state index >= 15 is 0 Å². The molecular weight excluding hydrogens is 272 g/mol. The Morgan fingerprint density at radius 3 is 2.76 bits per heavy atom. The number of likely N-dealkylation sites (tertiary alicyclic amines) is 1. The lowest BCUT2D eigenvalue weighted by Gasteiger charge is -2.24. The molecule has 1 unspecified atom stereocenters. The van der Waals surface area contributed by atoms with Gasteiger partial charge in [-0.3, -0.25) is 9.59 Å². The predicted octanol–water partition coefficient (Wildman–Crippen LogP) is 1.44. The van der Waals surface area contributed by atoms with Gasteiger partial charge < -0.3 is 15.3 Å². The van der Waals surface area contributed by atoms with Crippen LogP contribution in [-0.2, 0) is 4.79 Å². The molecule has 1 fully saturated rings. The lowest BCUT2D eigenvalue weighted by molar-refractivity contribution is -0.128. The molecule has 2 rings (SSSR count). The third-order valence-electron chi connectivity index (χ3n) is 3.67. The molecule has 0 aromatic heterocycles. The predicted molar refractivity (Wildman–Crippen MR) is 76.3 cm³/mol. The number of ketones is 1. The van der Waals surface area contributed by atoms with Crippen LogP contribution in [0.2, 0.25) is 0 Å². The van der Waals surface area contributed by atoms with Gasteiger partial charge in [0.15, 0.2) is 5.78 Å². The maximum atomic E-state index is 12.6. The van der Waals surface area contributed by atoms with Gasteiger partial charge in [0, 0.05) is 25.1 Å². The van der Waals surface area contributed by atoms with Gasteiger partial charge in [-0.15, -0.1) is 0 Å². The third-order valence-corrected chi connectivity index (χ3v) is 3.67. The number of nitrogens with one attached hydrogen (secondary N) is 1. The van der Waals surface area contributed by atoms with Crippen LogP contribution >= 0.6 is 0 Å². The Labute approximate surface area is 122 Å². The van der Waals surface area contributed by atoms with E-state index in [9.17, 15) is 14.4 Å². The number of aryl methyl sites for hydroxylation is 1. The standard InChI is InChI=1S/C15H18N2O4/c1-10-4-2-3-5-11(10)14(19)12-6-7-13(18)17(12)9-8-16-15(20)21/h2-5,12,16H,6-9H2,1H3,(H,20,21). The summed E-state index contributed by atoms with van der Waals surface area (Å²) in [5.41, 5.74) is 1.50. The maximum absolute atomic E-state index is 12.6. The average molecular weight is 290 g/mol. The monoisotopic (exact) mass is 290 g/mol. The summed E-state index contributed by atoms with van der Waals surface area (Å²) in [6.45, 7) is 2.20. The van der Waals surface area contributed by atoms with Gasteiger partial charge in [-0.1, -0.05) is 24.3 Å². The molecule has 6 nitrogen and oxygen atoms in total. The van der Waals surface area contributed by atoms with Gasteiger partial charge in [0.25, 0.3) is 0 Å². The average Bonchev–Trinajstić information content (AvgIpc) is 2.80. The molecular formula is C15H18N2O4. The number of Topliss-reactive ketones (excluding diaryl/α,β-unsaturated/α-hetero) is 1. The first-order valence-corrected chi connectivity index (χ1v) is 6.87. The third kappa shape index (κ3) is 3.39. The van der Waals surface area contributed by atoms with Crippen molar-refractivity contribution in [1.82, 2.24) is 10.2 Å². The number of carbonyl (C=O) groups is 3. The zero-order valence-corrected chi connectivity index (χ0v) is 11.8. The lowest BCUT2D eigenvalue weighted by Crippen LogP contribution is -2.43. The molecule has 1 aromatic carbocycles. The van der Waals surface area contributed by atoms with Gasteiger partial charge in [0.2, 0.25) is 5.91 Å². The molecule has 1 heterocycles.